The van der Waals surface area contributed by atoms with Gasteiger partial charge in [0.1, 0.15) is 0 Å². The molecule has 5 nitrogen and oxygen atoms in total. The fourth-order valence-corrected chi connectivity index (χ4v) is 4.10. The Bertz CT molecular complexity index is 871. The van der Waals surface area contributed by atoms with Gasteiger partial charge in [-0.3, -0.25) is 9.69 Å². The van der Waals surface area contributed by atoms with Crippen molar-refractivity contribution >= 4 is 12.0 Å². The van der Waals surface area contributed by atoms with Crippen LogP contribution >= 0.6 is 0 Å². The summed E-state index contributed by atoms with van der Waals surface area (Å²) in [5.74, 6) is 1.72. The summed E-state index contributed by atoms with van der Waals surface area (Å²) in [5.41, 5.74) is 3.71. The normalized spacial score (nSPS) is 15.5. The number of rotatable bonds is 9. The SMILES string of the molecule is COc1ccc(CCNC(=O)C2CCN(CC(C)=Cc3ccccc3)CC2)cc1OC. The first kappa shape index (κ1) is 22.9. The van der Waals surface area contributed by atoms with Gasteiger partial charge in [0.2, 0.25) is 5.91 Å². The molecule has 31 heavy (non-hydrogen) atoms. The smallest absolute Gasteiger partial charge is 0.223 e. The molecule has 1 fully saturated rings. The molecule has 0 unspecified atom stereocenters. The topological polar surface area (TPSA) is 50.8 Å². The Labute approximate surface area is 186 Å². The molecule has 2 aromatic rings. The highest BCUT2D eigenvalue weighted by Gasteiger charge is 2.24. The molecule has 166 valence electrons. The van der Waals surface area contributed by atoms with E-state index in [-0.39, 0.29) is 11.8 Å². The fraction of sp³-hybridized carbons (Fsp3) is 0.423. The lowest BCUT2D eigenvalue weighted by atomic mass is 9.95. The molecular weight excluding hydrogens is 388 g/mol. The van der Waals surface area contributed by atoms with Crippen molar-refractivity contribution in [2.24, 2.45) is 5.92 Å². The predicted octanol–water partition coefficient (Wildman–Crippen LogP) is 4.18. The molecule has 0 radical (unpaired) electrons. The van der Waals surface area contributed by atoms with E-state index in [0.29, 0.717) is 6.54 Å². The largest absolute Gasteiger partial charge is 0.493 e. The summed E-state index contributed by atoms with van der Waals surface area (Å²) in [6, 6.07) is 16.3. The Morgan fingerprint density at radius 2 is 1.77 bits per heavy atom. The Kier molecular flexibility index (Phi) is 8.53. The average molecular weight is 423 g/mol. The number of benzene rings is 2. The second-order valence-corrected chi connectivity index (χ2v) is 8.18. The summed E-state index contributed by atoms with van der Waals surface area (Å²) < 4.78 is 10.6. The minimum absolute atomic E-state index is 0.111. The molecule has 1 saturated heterocycles. The lowest BCUT2D eigenvalue weighted by Gasteiger charge is -2.31. The van der Waals surface area contributed by atoms with Crippen molar-refractivity contribution in [1.29, 1.82) is 0 Å². The quantitative estimate of drug-likeness (QED) is 0.659. The van der Waals surface area contributed by atoms with Gasteiger partial charge >= 0.3 is 0 Å². The van der Waals surface area contributed by atoms with Gasteiger partial charge in [0, 0.05) is 19.0 Å². The number of hydrogen-bond donors (Lipinski definition) is 1. The van der Waals surface area contributed by atoms with Crippen LogP contribution in [0.1, 0.15) is 30.9 Å². The number of carbonyl (C=O) groups is 1. The Morgan fingerprint density at radius 1 is 1.06 bits per heavy atom. The van der Waals surface area contributed by atoms with Crippen molar-refractivity contribution in [3.05, 3.63) is 65.2 Å². The third-order valence-electron chi connectivity index (χ3n) is 5.80. The number of nitrogens with one attached hydrogen (secondary N) is 1. The van der Waals surface area contributed by atoms with E-state index >= 15 is 0 Å². The Hall–Kier alpha value is -2.79. The lowest BCUT2D eigenvalue weighted by molar-refractivity contribution is -0.126. The van der Waals surface area contributed by atoms with E-state index in [1.54, 1.807) is 14.2 Å². The van der Waals surface area contributed by atoms with Gasteiger partial charge in [0.05, 0.1) is 14.2 Å². The molecule has 0 aliphatic carbocycles. The maximum atomic E-state index is 12.6. The highest BCUT2D eigenvalue weighted by molar-refractivity contribution is 5.78. The molecule has 1 aliphatic rings. The number of nitrogens with zero attached hydrogens (tertiary/aromatic N) is 1. The lowest BCUT2D eigenvalue weighted by Crippen LogP contribution is -2.41. The number of ether oxygens (including phenoxy) is 2. The molecule has 0 saturated carbocycles. The molecule has 1 heterocycles. The zero-order valence-electron chi connectivity index (χ0n) is 18.9. The van der Waals surface area contributed by atoms with Crippen LogP contribution in [0.15, 0.2) is 54.1 Å². The van der Waals surface area contributed by atoms with Gasteiger partial charge in [-0.2, -0.15) is 0 Å². The first-order chi connectivity index (χ1) is 15.1. The van der Waals surface area contributed by atoms with E-state index in [0.717, 1.165) is 56.0 Å². The van der Waals surface area contributed by atoms with Crippen LogP contribution in [0.4, 0.5) is 0 Å². The minimum atomic E-state index is 0.111. The third-order valence-corrected chi connectivity index (χ3v) is 5.80. The van der Waals surface area contributed by atoms with Crippen LogP contribution in [0.2, 0.25) is 0 Å². The predicted molar refractivity (Wildman–Crippen MR) is 126 cm³/mol. The van der Waals surface area contributed by atoms with Crippen molar-refractivity contribution in [3.8, 4) is 11.5 Å². The number of piperidine rings is 1. The van der Waals surface area contributed by atoms with Crippen LogP contribution < -0.4 is 14.8 Å². The van der Waals surface area contributed by atoms with Gasteiger partial charge in [-0.05, 0) is 62.5 Å². The van der Waals surface area contributed by atoms with Gasteiger partial charge in [-0.15, -0.1) is 0 Å². The molecule has 1 N–H and O–H groups in total. The van der Waals surface area contributed by atoms with Gasteiger partial charge in [0.25, 0.3) is 0 Å². The van der Waals surface area contributed by atoms with Crippen LogP contribution in [-0.2, 0) is 11.2 Å². The molecule has 0 spiro atoms. The second-order valence-electron chi connectivity index (χ2n) is 8.18. The van der Waals surface area contributed by atoms with E-state index in [2.05, 4.69) is 47.5 Å². The summed E-state index contributed by atoms with van der Waals surface area (Å²) in [5, 5.41) is 3.11. The van der Waals surface area contributed by atoms with Crippen molar-refractivity contribution in [3.63, 3.8) is 0 Å². The summed E-state index contributed by atoms with van der Waals surface area (Å²) in [4.78, 5) is 15.0. The Balaban J connectivity index is 1.40. The zero-order valence-corrected chi connectivity index (χ0v) is 18.9. The minimum Gasteiger partial charge on any atom is -0.493 e. The second kappa shape index (κ2) is 11.6. The number of amides is 1. The van der Waals surface area contributed by atoms with Crippen molar-refractivity contribution in [2.75, 3.05) is 40.4 Å². The van der Waals surface area contributed by atoms with Crippen LogP contribution in [-0.4, -0.2) is 51.2 Å². The standard InChI is InChI=1S/C26H34N2O3/c1-20(17-21-7-5-4-6-8-21)19-28-15-12-23(13-16-28)26(29)27-14-11-22-9-10-24(30-2)25(18-22)31-3/h4-10,17-18,23H,11-16,19H2,1-3H3,(H,27,29). The number of carbonyl (C=O) groups excluding carboxylic acids is 1. The first-order valence-electron chi connectivity index (χ1n) is 11.0. The van der Waals surface area contributed by atoms with Crippen molar-refractivity contribution < 1.29 is 14.3 Å². The maximum absolute atomic E-state index is 12.6. The molecule has 2 aromatic carbocycles. The fourth-order valence-electron chi connectivity index (χ4n) is 4.10. The summed E-state index contributed by atoms with van der Waals surface area (Å²) in [6.45, 7) is 5.71. The van der Waals surface area contributed by atoms with Gasteiger partial charge in [-0.25, -0.2) is 0 Å². The van der Waals surface area contributed by atoms with E-state index in [1.165, 1.54) is 11.1 Å². The molecule has 1 aliphatic heterocycles. The van der Waals surface area contributed by atoms with E-state index in [9.17, 15) is 4.79 Å². The summed E-state index contributed by atoms with van der Waals surface area (Å²) >= 11 is 0. The summed E-state index contributed by atoms with van der Waals surface area (Å²) in [6.07, 6.45) is 4.85. The van der Waals surface area contributed by atoms with Crippen molar-refractivity contribution in [2.45, 2.75) is 26.2 Å². The van der Waals surface area contributed by atoms with Crippen LogP contribution in [0.25, 0.3) is 6.08 Å². The van der Waals surface area contributed by atoms with Gasteiger partial charge in [0.15, 0.2) is 11.5 Å². The Morgan fingerprint density at radius 3 is 2.45 bits per heavy atom. The van der Waals surface area contributed by atoms with Gasteiger partial charge < -0.3 is 14.8 Å². The zero-order chi connectivity index (χ0) is 22.1. The molecule has 0 aromatic heterocycles. The number of likely N-dealkylation sites (tertiary alicyclic amines) is 1. The van der Waals surface area contributed by atoms with Crippen LogP contribution in [0.3, 0.4) is 0 Å². The van der Waals surface area contributed by atoms with Crippen molar-refractivity contribution in [1.82, 2.24) is 10.2 Å². The van der Waals surface area contributed by atoms with Crippen LogP contribution in [0, 0.1) is 5.92 Å². The van der Waals surface area contributed by atoms with Crippen LogP contribution in [0.5, 0.6) is 11.5 Å². The highest BCUT2D eigenvalue weighted by Crippen LogP contribution is 2.27. The first-order valence-corrected chi connectivity index (χ1v) is 11.0. The molecule has 0 atom stereocenters. The van der Waals surface area contributed by atoms with E-state index in [1.807, 2.05) is 24.3 Å². The maximum Gasteiger partial charge on any atom is 0.223 e. The number of methoxy groups -OCH3 is 2. The molecule has 5 heteroatoms. The molecular formula is C26H34N2O3. The molecule has 3 rings (SSSR count). The summed E-state index contributed by atoms with van der Waals surface area (Å²) in [7, 11) is 3.26. The molecule has 0 bridgehead atoms. The number of hydrogen-bond acceptors (Lipinski definition) is 4. The third kappa shape index (κ3) is 6.86. The monoisotopic (exact) mass is 422 g/mol. The highest BCUT2D eigenvalue weighted by atomic mass is 16.5. The van der Waals surface area contributed by atoms with Gasteiger partial charge in [-0.1, -0.05) is 48.0 Å². The van der Waals surface area contributed by atoms with E-state index < -0.39 is 0 Å². The average Bonchev–Trinajstić information content (AvgIpc) is 2.80. The van der Waals surface area contributed by atoms with E-state index in [4.69, 9.17) is 9.47 Å². The molecule has 1 amide bonds.